The first-order chi connectivity index (χ1) is 6.54. The summed E-state index contributed by atoms with van der Waals surface area (Å²) >= 11 is 0. The number of aliphatic carboxylic acids is 1. The highest BCUT2D eigenvalue weighted by Crippen LogP contribution is 2.15. The third-order valence-corrected chi connectivity index (χ3v) is 3.71. The molecule has 14 heavy (non-hydrogen) atoms. The van der Waals surface area contributed by atoms with Crippen molar-refractivity contribution in [2.75, 3.05) is 0 Å². The average Bonchev–Trinajstić information content (AvgIpc) is 2.16. The van der Waals surface area contributed by atoms with E-state index in [0.717, 1.165) is 5.56 Å². The van der Waals surface area contributed by atoms with E-state index in [1.165, 1.54) is 6.92 Å². The molecule has 2 atom stereocenters. The number of benzene rings is 1. The van der Waals surface area contributed by atoms with E-state index in [1.807, 2.05) is 19.1 Å². The maximum Gasteiger partial charge on any atom is 0.319 e. The third kappa shape index (κ3) is 2.20. The molecule has 0 fully saturated rings. The molecule has 0 aliphatic rings. The lowest BCUT2D eigenvalue weighted by atomic mass is 10.2. The zero-order valence-electron chi connectivity index (χ0n) is 8.06. The Labute approximate surface area is 85.2 Å². The van der Waals surface area contributed by atoms with Crippen LogP contribution in [0.2, 0.25) is 0 Å². The summed E-state index contributed by atoms with van der Waals surface area (Å²) in [5.74, 6) is -1.04. The summed E-state index contributed by atoms with van der Waals surface area (Å²) in [4.78, 5) is 11.2. The van der Waals surface area contributed by atoms with Crippen LogP contribution >= 0.6 is 0 Å². The molecule has 1 N–H and O–H groups in total. The predicted octanol–water partition coefficient (Wildman–Crippen LogP) is 1.58. The number of hydrogen-bond acceptors (Lipinski definition) is 2. The lowest BCUT2D eigenvalue weighted by Crippen LogP contribution is -2.22. The lowest BCUT2D eigenvalue weighted by molar-refractivity contribution is -0.136. The van der Waals surface area contributed by atoms with E-state index in [2.05, 4.69) is 0 Å². The standard InChI is InChI=1S/C10H12O3S/c1-7-5-3-4-6-9(7)14(13)8(2)10(11)12/h3-6,8H,1-2H3,(H,11,12). The number of hydrogen-bond donors (Lipinski definition) is 1. The third-order valence-electron chi connectivity index (χ3n) is 1.98. The van der Waals surface area contributed by atoms with Crippen LogP contribution in [-0.2, 0) is 15.6 Å². The Balaban J connectivity index is 3.01. The van der Waals surface area contributed by atoms with Crippen LogP contribution in [0.5, 0.6) is 0 Å². The van der Waals surface area contributed by atoms with E-state index < -0.39 is 22.0 Å². The quantitative estimate of drug-likeness (QED) is 0.827. The molecule has 0 radical (unpaired) electrons. The summed E-state index contributed by atoms with van der Waals surface area (Å²) in [5, 5.41) is 7.85. The van der Waals surface area contributed by atoms with Crippen molar-refractivity contribution < 1.29 is 14.1 Å². The number of carbonyl (C=O) groups is 1. The van der Waals surface area contributed by atoms with Crippen LogP contribution in [0.4, 0.5) is 0 Å². The molecule has 0 aliphatic heterocycles. The number of carboxylic acid groups (broad SMARTS) is 1. The first-order valence-corrected chi connectivity index (χ1v) is 5.44. The minimum absolute atomic E-state index is 0.599. The maximum atomic E-state index is 11.7. The fraction of sp³-hybridized carbons (Fsp3) is 0.300. The Bertz CT molecular complexity index is 373. The molecule has 1 rings (SSSR count). The average molecular weight is 212 g/mol. The summed E-state index contributed by atoms with van der Waals surface area (Å²) in [6, 6.07) is 7.11. The van der Waals surface area contributed by atoms with Gasteiger partial charge in [0.15, 0.2) is 0 Å². The van der Waals surface area contributed by atoms with Crippen LogP contribution in [0, 0.1) is 6.92 Å². The fourth-order valence-electron chi connectivity index (χ4n) is 1.06. The van der Waals surface area contributed by atoms with Gasteiger partial charge in [0.1, 0.15) is 5.25 Å². The smallest absolute Gasteiger partial charge is 0.319 e. The fourth-order valence-corrected chi connectivity index (χ4v) is 2.23. The molecule has 1 aromatic rings. The van der Waals surface area contributed by atoms with Gasteiger partial charge in [0, 0.05) is 4.90 Å². The van der Waals surface area contributed by atoms with Crippen LogP contribution in [0.1, 0.15) is 12.5 Å². The van der Waals surface area contributed by atoms with Crippen molar-refractivity contribution in [3.63, 3.8) is 0 Å². The predicted molar refractivity (Wildman–Crippen MR) is 54.7 cm³/mol. The second-order valence-corrected chi connectivity index (χ2v) is 4.79. The van der Waals surface area contributed by atoms with E-state index in [9.17, 15) is 9.00 Å². The summed E-state index contributed by atoms with van der Waals surface area (Å²) < 4.78 is 11.7. The number of carboxylic acids is 1. The molecule has 3 nitrogen and oxygen atoms in total. The number of rotatable bonds is 3. The molecule has 76 valence electrons. The van der Waals surface area contributed by atoms with Gasteiger partial charge in [-0.25, -0.2) is 0 Å². The van der Waals surface area contributed by atoms with E-state index >= 15 is 0 Å². The highest BCUT2D eigenvalue weighted by atomic mass is 32.2. The normalized spacial score (nSPS) is 14.7. The van der Waals surface area contributed by atoms with Crippen LogP contribution in [0.25, 0.3) is 0 Å². The van der Waals surface area contributed by atoms with E-state index in [1.54, 1.807) is 12.1 Å². The second kappa shape index (κ2) is 4.37. The SMILES string of the molecule is Cc1ccccc1S(=O)C(C)C(=O)O. The van der Waals surface area contributed by atoms with Gasteiger partial charge in [0.05, 0.1) is 10.8 Å². The molecule has 0 amide bonds. The molecular weight excluding hydrogens is 200 g/mol. The van der Waals surface area contributed by atoms with Crippen molar-refractivity contribution in [1.29, 1.82) is 0 Å². The van der Waals surface area contributed by atoms with Gasteiger partial charge in [-0.2, -0.15) is 0 Å². The second-order valence-electron chi connectivity index (χ2n) is 3.04. The van der Waals surface area contributed by atoms with Gasteiger partial charge < -0.3 is 5.11 Å². The van der Waals surface area contributed by atoms with Gasteiger partial charge in [-0.1, -0.05) is 18.2 Å². The van der Waals surface area contributed by atoms with Gasteiger partial charge in [-0.05, 0) is 25.5 Å². The van der Waals surface area contributed by atoms with Crippen molar-refractivity contribution in [3.05, 3.63) is 29.8 Å². The molecule has 0 aromatic heterocycles. The van der Waals surface area contributed by atoms with Crippen LogP contribution in [-0.4, -0.2) is 20.5 Å². The lowest BCUT2D eigenvalue weighted by Gasteiger charge is -2.08. The van der Waals surface area contributed by atoms with Crippen LogP contribution in [0.15, 0.2) is 29.2 Å². The van der Waals surface area contributed by atoms with Crippen LogP contribution in [0.3, 0.4) is 0 Å². The summed E-state index contributed by atoms with van der Waals surface area (Å²) in [5.41, 5.74) is 0.860. The van der Waals surface area contributed by atoms with Crippen molar-refractivity contribution in [2.24, 2.45) is 0 Å². The number of aryl methyl sites for hydroxylation is 1. The molecule has 0 bridgehead atoms. The van der Waals surface area contributed by atoms with Crippen molar-refractivity contribution in [1.82, 2.24) is 0 Å². The highest BCUT2D eigenvalue weighted by molar-refractivity contribution is 7.86. The Morgan fingerprint density at radius 2 is 2.00 bits per heavy atom. The molecule has 4 heteroatoms. The van der Waals surface area contributed by atoms with Crippen molar-refractivity contribution in [3.8, 4) is 0 Å². The van der Waals surface area contributed by atoms with Crippen LogP contribution < -0.4 is 0 Å². The van der Waals surface area contributed by atoms with E-state index in [-0.39, 0.29) is 0 Å². The molecule has 1 aromatic carbocycles. The van der Waals surface area contributed by atoms with E-state index in [0.29, 0.717) is 4.90 Å². The Kier molecular flexibility index (Phi) is 3.41. The zero-order chi connectivity index (χ0) is 10.7. The largest absolute Gasteiger partial charge is 0.480 e. The molecule has 0 spiro atoms. The van der Waals surface area contributed by atoms with Gasteiger partial charge in [-0.3, -0.25) is 9.00 Å². The van der Waals surface area contributed by atoms with Crippen molar-refractivity contribution in [2.45, 2.75) is 24.0 Å². The van der Waals surface area contributed by atoms with Gasteiger partial charge in [0.2, 0.25) is 0 Å². The van der Waals surface area contributed by atoms with Gasteiger partial charge in [0.25, 0.3) is 0 Å². The van der Waals surface area contributed by atoms with E-state index in [4.69, 9.17) is 5.11 Å². The molecular formula is C10H12O3S. The monoisotopic (exact) mass is 212 g/mol. The van der Waals surface area contributed by atoms with Crippen molar-refractivity contribution >= 4 is 16.8 Å². The molecule has 0 saturated carbocycles. The summed E-state index contributed by atoms with van der Waals surface area (Å²) in [6.07, 6.45) is 0. The van der Waals surface area contributed by atoms with Gasteiger partial charge >= 0.3 is 5.97 Å². The summed E-state index contributed by atoms with van der Waals surface area (Å²) in [6.45, 7) is 3.27. The molecule has 0 saturated heterocycles. The topological polar surface area (TPSA) is 54.4 Å². The Morgan fingerprint density at radius 3 is 2.50 bits per heavy atom. The van der Waals surface area contributed by atoms with Gasteiger partial charge in [-0.15, -0.1) is 0 Å². The first kappa shape index (κ1) is 10.9. The molecule has 2 unspecified atom stereocenters. The minimum atomic E-state index is -1.47. The molecule has 0 aliphatic carbocycles. The Hall–Kier alpha value is -1.16. The molecule has 0 heterocycles. The zero-order valence-corrected chi connectivity index (χ0v) is 8.88. The summed E-state index contributed by atoms with van der Waals surface area (Å²) in [7, 11) is -1.47. The Morgan fingerprint density at radius 1 is 1.43 bits per heavy atom. The first-order valence-electron chi connectivity index (χ1n) is 4.23. The highest BCUT2D eigenvalue weighted by Gasteiger charge is 2.21. The minimum Gasteiger partial charge on any atom is -0.480 e. The maximum absolute atomic E-state index is 11.7.